The third-order valence-electron chi connectivity index (χ3n) is 3.14. The molecule has 94 valence electrons. The second-order valence-electron chi connectivity index (χ2n) is 4.13. The Hall–Kier alpha value is -1.72. The van der Waals surface area contributed by atoms with E-state index in [2.05, 4.69) is 0 Å². The molecule has 0 heterocycles. The topological polar surface area (TPSA) is 71.4 Å². The van der Waals surface area contributed by atoms with Gasteiger partial charge in [-0.25, -0.2) is 0 Å². The third-order valence-corrected chi connectivity index (χ3v) is 4.19. The van der Waals surface area contributed by atoms with Crippen molar-refractivity contribution in [2.75, 3.05) is 0 Å². The molecule has 0 fully saturated rings. The number of aldehydes is 1. The molecule has 0 saturated carbocycles. The molecule has 2 aromatic carbocycles. The highest BCUT2D eigenvalue weighted by Gasteiger charge is 2.22. The molecule has 0 aliphatic rings. The van der Waals surface area contributed by atoms with Crippen LogP contribution in [0.25, 0.3) is 10.8 Å². The van der Waals surface area contributed by atoms with Gasteiger partial charge in [-0.1, -0.05) is 24.3 Å². The van der Waals surface area contributed by atoms with Crippen LogP contribution in [0.3, 0.4) is 0 Å². The molecule has 2 aromatic rings. The highest BCUT2D eigenvalue weighted by molar-refractivity contribution is 7.86. The molecule has 0 radical (unpaired) electrons. The largest absolute Gasteiger partial charge is 0.298 e. The number of aryl methyl sites for hydroxylation is 1. The average molecular weight is 264 g/mol. The second-order valence-corrected chi connectivity index (χ2v) is 5.49. The quantitative estimate of drug-likeness (QED) is 0.668. The van der Waals surface area contributed by atoms with Gasteiger partial charge in [-0.15, -0.1) is 0 Å². The van der Waals surface area contributed by atoms with Crippen molar-refractivity contribution in [3.8, 4) is 0 Å². The van der Waals surface area contributed by atoms with Crippen LogP contribution in [0.2, 0.25) is 0 Å². The second kappa shape index (κ2) is 4.19. The summed E-state index contributed by atoms with van der Waals surface area (Å²) in [6.07, 6.45) is 0.470. The van der Waals surface area contributed by atoms with Crippen molar-refractivity contribution >= 4 is 27.2 Å². The lowest BCUT2D eigenvalue weighted by Gasteiger charge is -2.13. The Morgan fingerprint density at radius 2 is 1.61 bits per heavy atom. The zero-order valence-corrected chi connectivity index (χ0v) is 10.8. The molecule has 5 heteroatoms. The Morgan fingerprint density at radius 3 is 2.11 bits per heavy atom. The number of carbonyl (C=O) groups is 1. The summed E-state index contributed by atoms with van der Waals surface area (Å²) in [5.74, 6) is 0. The first kappa shape index (κ1) is 12.7. The number of benzene rings is 2. The first-order valence-electron chi connectivity index (χ1n) is 5.32. The first-order valence-corrected chi connectivity index (χ1v) is 6.76. The minimum atomic E-state index is -4.42. The van der Waals surface area contributed by atoms with E-state index in [-0.39, 0.29) is 10.5 Å². The van der Waals surface area contributed by atoms with Crippen LogP contribution in [0.15, 0.2) is 29.2 Å². The molecule has 1 N–H and O–H groups in total. The van der Waals surface area contributed by atoms with Gasteiger partial charge >= 0.3 is 0 Å². The molecular weight excluding hydrogens is 252 g/mol. The molecule has 0 atom stereocenters. The van der Waals surface area contributed by atoms with Crippen molar-refractivity contribution < 1.29 is 17.8 Å². The zero-order chi connectivity index (χ0) is 13.5. The van der Waals surface area contributed by atoms with Gasteiger partial charge in [-0.3, -0.25) is 9.35 Å². The van der Waals surface area contributed by atoms with Gasteiger partial charge in [0.05, 0.1) is 0 Å². The summed E-state index contributed by atoms with van der Waals surface area (Å²) in [4.78, 5) is 10.9. The molecular formula is C13H12O4S. The van der Waals surface area contributed by atoms with Crippen LogP contribution in [0.4, 0.5) is 0 Å². The monoisotopic (exact) mass is 264 g/mol. The summed E-state index contributed by atoms with van der Waals surface area (Å²) in [7, 11) is -4.42. The van der Waals surface area contributed by atoms with Crippen molar-refractivity contribution in [1.82, 2.24) is 0 Å². The van der Waals surface area contributed by atoms with Crippen LogP contribution in [-0.2, 0) is 10.1 Å². The Balaban J connectivity index is 3.14. The average Bonchev–Trinajstić information content (AvgIpc) is 2.32. The SMILES string of the molecule is Cc1c(S(=O)(=O)O)c(C=O)c2ccccc2c1C. The Morgan fingerprint density at radius 1 is 1.06 bits per heavy atom. The van der Waals surface area contributed by atoms with E-state index in [9.17, 15) is 17.8 Å². The van der Waals surface area contributed by atoms with Gasteiger partial charge < -0.3 is 0 Å². The standard InChI is InChI=1S/C13H12O4S/c1-8-9(2)13(18(15,16)17)12(7-14)11-6-4-3-5-10(8)11/h3-7H,1-2H3,(H,15,16,17). The lowest BCUT2D eigenvalue weighted by molar-refractivity contribution is 0.112. The van der Waals surface area contributed by atoms with E-state index in [0.29, 0.717) is 17.2 Å². The van der Waals surface area contributed by atoms with Crippen molar-refractivity contribution in [2.45, 2.75) is 18.7 Å². The lowest BCUT2D eigenvalue weighted by atomic mass is 9.96. The summed E-state index contributed by atoms with van der Waals surface area (Å²) in [5, 5.41) is 1.34. The maximum atomic E-state index is 11.4. The van der Waals surface area contributed by atoms with E-state index in [4.69, 9.17) is 0 Å². The fourth-order valence-electron chi connectivity index (χ4n) is 2.19. The van der Waals surface area contributed by atoms with E-state index >= 15 is 0 Å². The molecule has 0 saturated heterocycles. The van der Waals surface area contributed by atoms with Crippen molar-refractivity contribution in [3.05, 3.63) is 41.0 Å². The molecule has 0 unspecified atom stereocenters. The Kier molecular flexibility index (Phi) is 2.96. The molecule has 4 nitrogen and oxygen atoms in total. The van der Waals surface area contributed by atoms with Gasteiger partial charge in [0.1, 0.15) is 4.90 Å². The fourth-order valence-corrected chi connectivity index (χ4v) is 3.17. The highest BCUT2D eigenvalue weighted by Crippen LogP contribution is 2.31. The van der Waals surface area contributed by atoms with Gasteiger partial charge in [-0.05, 0) is 35.7 Å². The van der Waals surface area contributed by atoms with Gasteiger partial charge in [-0.2, -0.15) is 8.42 Å². The molecule has 0 amide bonds. The maximum Gasteiger partial charge on any atom is 0.295 e. The highest BCUT2D eigenvalue weighted by atomic mass is 32.2. The molecule has 2 rings (SSSR count). The van der Waals surface area contributed by atoms with Crippen LogP contribution >= 0.6 is 0 Å². The lowest BCUT2D eigenvalue weighted by Crippen LogP contribution is -2.08. The minimum Gasteiger partial charge on any atom is -0.298 e. The summed E-state index contributed by atoms with van der Waals surface area (Å²) in [6.45, 7) is 3.35. The van der Waals surface area contributed by atoms with Crippen molar-refractivity contribution in [1.29, 1.82) is 0 Å². The van der Waals surface area contributed by atoms with E-state index in [1.165, 1.54) is 0 Å². The van der Waals surface area contributed by atoms with E-state index in [0.717, 1.165) is 10.9 Å². The first-order chi connectivity index (χ1) is 8.38. The summed E-state index contributed by atoms with van der Waals surface area (Å²) < 4.78 is 32.1. The maximum absolute atomic E-state index is 11.4. The minimum absolute atomic E-state index is 0.0104. The summed E-state index contributed by atoms with van der Waals surface area (Å²) in [5.41, 5.74) is 1.15. The van der Waals surface area contributed by atoms with Crippen LogP contribution in [-0.4, -0.2) is 19.3 Å². The summed E-state index contributed by atoms with van der Waals surface area (Å²) in [6, 6.07) is 7.02. The smallest absolute Gasteiger partial charge is 0.295 e. The predicted octanol–water partition coefficient (Wildman–Crippen LogP) is 2.52. The molecule has 0 spiro atoms. The number of fused-ring (bicyclic) bond motifs is 1. The van der Waals surface area contributed by atoms with E-state index in [1.54, 1.807) is 26.0 Å². The summed E-state index contributed by atoms with van der Waals surface area (Å²) >= 11 is 0. The van der Waals surface area contributed by atoms with Crippen molar-refractivity contribution in [2.24, 2.45) is 0 Å². The van der Waals surface area contributed by atoms with Gasteiger partial charge in [0.2, 0.25) is 0 Å². The van der Waals surface area contributed by atoms with Gasteiger partial charge in [0.15, 0.2) is 6.29 Å². The molecule has 18 heavy (non-hydrogen) atoms. The van der Waals surface area contributed by atoms with Crippen LogP contribution in [0.1, 0.15) is 21.5 Å². The number of rotatable bonds is 2. The third kappa shape index (κ3) is 1.81. The molecule has 0 aliphatic heterocycles. The normalized spacial score (nSPS) is 11.7. The van der Waals surface area contributed by atoms with Crippen LogP contribution in [0, 0.1) is 13.8 Å². The zero-order valence-electron chi connectivity index (χ0n) is 9.97. The van der Waals surface area contributed by atoms with Crippen LogP contribution < -0.4 is 0 Å². The molecule has 0 bridgehead atoms. The number of hydrogen-bond acceptors (Lipinski definition) is 3. The van der Waals surface area contributed by atoms with Gasteiger partial charge in [0, 0.05) is 5.56 Å². The van der Waals surface area contributed by atoms with Crippen molar-refractivity contribution in [3.63, 3.8) is 0 Å². The van der Waals surface area contributed by atoms with Gasteiger partial charge in [0.25, 0.3) is 10.1 Å². The fraction of sp³-hybridized carbons (Fsp3) is 0.154. The molecule has 0 aromatic heterocycles. The number of hydrogen-bond donors (Lipinski definition) is 1. The Bertz CT molecular complexity index is 745. The van der Waals surface area contributed by atoms with Crippen LogP contribution in [0.5, 0.6) is 0 Å². The predicted molar refractivity (Wildman–Crippen MR) is 68.6 cm³/mol. The van der Waals surface area contributed by atoms with E-state index < -0.39 is 10.1 Å². The number of carbonyl (C=O) groups excluding carboxylic acids is 1. The molecule has 0 aliphatic carbocycles. The Labute approximate surface area is 105 Å². The van der Waals surface area contributed by atoms with E-state index in [1.807, 2.05) is 12.1 Å².